The quantitative estimate of drug-likeness (QED) is 0.824. The number of alkyl halides is 3. The highest BCUT2D eigenvalue weighted by Crippen LogP contribution is 2.39. The van der Waals surface area contributed by atoms with Gasteiger partial charge in [0.15, 0.2) is 0 Å². The fraction of sp³-hybridized carbons (Fsp3) is 0.611. The molecule has 0 spiro atoms. The van der Waals surface area contributed by atoms with Crippen molar-refractivity contribution < 1.29 is 32.5 Å². The average Bonchev–Trinajstić information content (AvgIpc) is 2.94. The maximum Gasteiger partial charge on any atom is 0.573 e. The van der Waals surface area contributed by atoms with Gasteiger partial charge in [-0.25, -0.2) is 0 Å². The Morgan fingerprint density at radius 2 is 1.81 bits per heavy atom. The molecular weight excluding hydrogens is 351 g/mol. The summed E-state index contributed by atoms with van der Waals surface area (Å²) < 4.78 is 45.8. The number of rotatable bonds is 6. The van der Waals surface area contributed by atoms with Crippen LogP contribution in [0.3, 0.4) is 0 Å². The minimum Gasteiger partial charge on any atom is -0.492 e. The average molecular weight is 373 g/mol. The fourth-order valence-corrected chi connectivity index (χ4v) is 4.12. The van der Waals surface area contributed by atoms with Crippen LogP contribution >= 0.6 is 0 Å². The first-order valence-corrected chi connectivity index (χ1v) is 8.80. The molecule has 5 nitrogen and oxygen atoms in total. The third-order valence-electron chi connectivity index (χ3n) is 5.18. The van der Waals surface area contributed by atoms with Crippen LogP contribution in [0.5, 0.6) is 11.5 Å². The van der Waals surface area contributed by atoms with Crippen molar-refractivity contribution in [2.45, 2.75) is 50.6 Å². The van der Waals surface area contributed by atoms with Crippen molar-refractivity contribution in [3.63, 3.8) is 0 Å². The summed E-state index contributed by atoms with van der Waals surface area (Å²) in [7, 11) is 0. The molecule has 3 atom stereocenters. The fourth-order valence-electron chi connectivity index (χ4n) is 4.12. The highest BCUT2D eigenvalue weighted by Gasteiger charge is 2.44. The van der Waals surface area contributed by atoms with Gasteiger partial charge in [-0.15, -0.1) is 13.2 Å². The molecule has 0 radical (unpaired) electrons. The van der Waals surface area contributed by atoms with Gasteiger partial charge in [0.1, 0.15) is 24.1 Å². The van der Waals surface area contributed by atoms with Crippen molar-refractivity contribution >= 4 is 5.97 Å². The number of halogens is 3. The highest BCUT2D eigenvalue weighted by atomic mass is 19.4. The molecule has 26 heavy (non-hydrogen) atoms. The summed E-state index contributed by atoms with van der Waals surface area (Å²) in [4.78, 5) is 13.6. The first-order chi connectivity index (χ1) is 12.3. The van der Waals surface area contributed by atoms with Crippen LogP contribution in [-0.2, 0) is 4.79 Å². The second-order valence-corrected chi connectivity index (χ2v) is 6.81. The Kier molecular flexibility index (Phi) is 5.60. The number of ether oxygens (including phenoxy) is 2. The molecule has 3 rings (SSSR count). The summed E-state index contributed by atoms with van der Waals surface area (Å²) in [5.74, 6) is -0.247. The zero-order valence-corrected chi connectivity index (χ0v) is 14.2. The van der Waals surface area contributed by atoms with Crippen LogP contribution in [0.1, 0.15) is 32.1 Å². The summed E-state index contributed by atoms with van der Waals surface area (Å²) in [5, 5.41) is 9.48. The largest absolute Gasteiger partial charge is 0.573 e. The van der Waals surface area contributed by atoms with Crippen LogP contribution in [-0.4, -0.2) is 47.6 Å². The van der Waals surface area contributed by atoms with Gasteiger partial charge in [0, 0.05) is 12.6 Å². The number of fused-ring (bicyclic) bond motifs is 1. The van der Waals surface area contributed by atoms with Crippen molar-refractivity contribution in [1.29, 1.82) is 0 Å². The van der Waals surface area contributed by atoms with E-state index in [1.165, 1.54) is 24.3 Å². The normalized spacial score (nSPS) is 26.3. The molecule has 1 aromatic carbocycles. The molecule has 1 heterocycles. The molecular formula is C18H22F3NO4. The van der Waals surface area contributed by atoms with Crippen LogP contribution in [0, 0.1) is 5.92 Å². The number of aliphatic carboxylic acids is 1. The van der Waals surface area contributed by atoms with E-state index < -0.39 is 18.4 Å². The molecule has 1 aromatic rings. The number of carbonyl (C=O) groups is 1. The highest BCUT2D eigenvalue weighted by molar-refractivity contribution is 5.74. The molecule has 1 N–H and O–H groups in total. The molecule has 0 aromatic heterocycles. The van der Waals surface area contributed by atoms with Gasteiger partial charge >= 0.3 is 12.3 Å². The molecule has 3 unspecified atom stereocenters. The minimum atomic E-state index is -4.72. The zero-order chi connectivity index (χ0) is 18.7. The van der Waals surface area contributed by atoms with E-state index in [-0.39, 0.29) is 18.4 Å². The van der Waals surface area contributed by atoms with Gasteiger partial charge in [-0.1, -0.05) is 12.8 Å². The molecule has 0 bridgehead atoms. The summed E-state index contributed by atoms with van der Waals surface area (Å²) in [6.45, 7) is 0.769. The molecule has 1 saturated heterocycles. The SMILES string of the molecule is O=C(O)C1CC2CCCCC2N1CCOc1ccc(OC(F)(F)F)cc1. The lowest BCUT2D eigenvalue weighted by molar-refractivity contribution is -0.274. The minimum absolute atomic E-state index is 0.284. The number of benzene rings is 1. The van der Waals surface area contributed by atoms with Crippen molar-refractivity contribution in [1.82, 2.24) is 4.90 Å². The van der Waals surface area contributed by atoms with Gasteiger partial charge in [-0.3, -0.25) is 9.69 Å². The molecule has 1 aliphatic heterocycles. The Morgan fingerprint density at radius 1 is 1.15 bits per heavy atom. The predicted octanol–water partition coefficient (Wildman–Crippen LogP) is 3.68. The number of carboxylic acids is 1. The molecule has 0 amide bonds. The van der Waals surface area contributed by atoms with Crippen LogP contribution in [0.25, 0.3) is 0 Å². The Bertz CT molecular complexity index is 620. The Labute approximate surface area is 149 Å². The van der Waals surface area contributed by atoms with Crippen molar-refractivity contribution in [3.8, 4) is 11.5 Å². The van der Waals surface area contributed by atoms with Crippen LogP contribution in [0.15, 0.2) is 24.3 Å². The van der Waals surface area contributed by atoms with Gasteiger partial charge in [-0.05, 0) is 49.4 Å². The van der Waals surface area contributed by atoms with Crippen molar-refractivity contribution in [3.05, 3.63) is 24.3 Å². The van der Waals surface area contributed by atoms with E-state index in [2.05, 4.69) is 4.74 Å². The van der Waals surface area contributed by atoms with Crippen LogP contribution < -0.4 is 9.47 Å². The Balaban J connectivity index is 1.54. The van der Waals surface area contributed by atoms with Gasteiger partial charge in [-0.2, -0.15) is 0 Å². The maximum atomic E-state index is 12.1. The summed E-state index contributed by atoms with van der Waals surface area (Å²) >= 11 is 0. The van der Waals surface area contributed by atoms with E-state index in [9.17, 15) is 23.1 Å². The second-order valence-electron chi connectivity index (χ2n) is 6.81. The summed E-state index contributed by atoms with van der Waals surface area (Å²) in [6, 6.07) is 5.00. The number of carboxylic acid groups (broad SMARTS) is 1. The zero-order valence-electron chi connectivity index (χ0n) is 14.2. The lowest BCUT2D eigenvalue weighted by Gasteiger charge is -2.32. The Morgan fingerprint density at radius 3 is 2.46 bits per heavy atom. The number of hydrogen-bond donors (Lipinski definition) is 1. The molecule has 1 aliphatic carbocycles. The predicted molar refractivity (Wildman–Crippen MR) is 87.1 cm³/mol. The smallest absolute Gasteiger partial charge is 0.492 e. The van der Waals surface area contributed by atoms with Gasteiger partial charge < -0.3 is 14.6 Å². The first kappa shape index (κ1) is 18.8. The van der Waals surface area contributed by atoms with E-state index in [1.807, 2.05) is 4.90 Å². The summed E-state index contributed by atoms with van der Waals surface area (Å²) in [6.07, 6.45) is 0.324. The second kappa shape index (κ2) is 7.73. The van der Waals surface area contributed by atoms with E-state index in [0.717, 1.165) is 25.7 Å². The van der Waals surface area contributed by atoms with E-state index in [1.54, 1.807) is 0 Å². The van der Waals surface area contributed by atoms with Crippen LogP contribution in [0.4, 0.5) is 13.2 Å². The van der Waals surface area contributed by atoms with Crippen molar-refractivity contribution in [2.75, 3.05) is 13.2 Å². The Hall–Kier alpha value is -1.96. The lowest BCUT2D eigenvalue weighted by Crippen LogP contribution is -2.44. The molecule has 1 saturated carbocycles. The van der Waals surface area contributed by atoms with E-state index in [0.29, 0.717) is 24.6 Å². The standard InChI is InChI=1S/C18H22F3NO4/c19-18(20,21)26-14-7-5-13(6-8-14)25-10-9-22-15-4-2-1-3-12(15)11-16(22)17(23)24/h5-8,12,15-16H,1-4,9-11H2,(H,23,24). The lowest BCUT2D eigenvalue weighted by atomic mass is 9.85. The topological polar surface area (TPSA) is 59.0 Å². The third kappa shape index (κ3) is 4.60. The molecule has 2 fully saturated rings. The monoisotopic (exact) mass is 373 g/mol. The van der Waals surface area contributed by atoms with Crippen LogP contribution in [0.2, 0.25) is 0 Å². The molecule has 8 heteroatoms. The molecule has 144 valence electrons. The third-order valence-corrected chi connectivity index (χ3v) is 5.18. The number of likely N-dealkylation sites (tertiary alicyclic amines) is 1. The molecule has 2 aliphatic rings. The van der Waals surface area contributed by atoms with E-state index >= 15 is 0 Å². The van der Waals surface area contributed by atoms with Gasteiger partial charge in [0.05, 0.1) is 0 Å². The van der Waals surface area contributed by atoms with Crippen molar-refractivity contribution in [2.24, 2.45) is 5.92 Å². The van der Waals surface area contributed by atoms with E-state index in [4.69, 9.17) is 4.74 Å². The summed E-state index contributed by atoms with van der Waals surface area (Å²) in [5.41, 5.74) is 0. The number of hydrogen-bond acceptors (Lipinski definition) is 4. The van der Waals surface area contributed by atoms with Gasteiger partial charge in [0.2, 0.25) is 0 Å². The maximum absolute atomic E-state index is 12.1. The van der Waals surface area contributed by atoms with Gasteiger partial charge in [0.25, 0.3) is 0 Å². The number of nitrogens with zero attached hydrogens (tertiary/aromatic N) is 1. The first-order valence-electron chi connectivity index (χ1n) is 8.80.